The second-order valence-electron chi connectivity index (χ2n) is 9.03. The Morgan fingerprint density at radius 1 is 1.07 bits per heavy atom. The van der Waals surface area contributed by atoms with Gasteiger partial charge in [0.15, 0.2) is 29.2 Å². The lowest BCUT2D eigenvalue weighted by Crippen LogP contribution is -2.45. The van der Waals surface area contributed by atoms with Crippen molar-refractivity contribution in [3.63, 3.8) is 0 Å². The molecule has 3 rings (SSSR count). The topological polar surface area (TPSA) is 149 Å². The number of nitrogens with one attached hydrogen (secondary N) is 3. The third kappa shape index (κ3) is 8.52. The smallest absolute Gasteiger partial charge is 0.337 e. The summed E-state index contributed by atoms with van der Waals surface area (Å²) in [6, 6.07) is 9.26. The number of aliphatic hydroxyl groups is 1. The van der Waals surface area contributed by atoms with Gasteiger partial charge in [-0.05, 0) is 61.7 Å². The van der Waals surface area contributed by atoms with Gasteiger partial charge in [-0.3, -0.25) is 5.43 Å². The van der Waals surface area contributed by atoms with Crippen molar-refractivity contribution in [2.45, 2.75) is 45.9 Å². The first-order valence-corrected chi connectivity index (χ1v) is 13.3. The van der Waals surface area contributed by atoms with Crippen LogP contribution in [0.4, 0.5) is 4.79 Å². The molecule has 0 unspecified atom stereocenters. The van der Waals surface area contributed by atoms with Gasteiger partial charge < -0.3 is 39.4 Å². The largest absolute Gasteiger partial charge is 0.493 e. The van der Waals surface area contributed by atoms with E-state index in [2.05, 4.69) is 28.1 Å². The molecule has 0 bridgehead atoms. The van der Waals surface area contributed by atoms with Crippen LogP contribution in [0.1, 0.15) is 50.8 Å². The van der Waals surface area contributed by atoms with Gasteiger partial charge in [-0.25, -0.2) is 9.59 Å². The molecule has 1 heterocycles. The molecule has 2 atom stereocenters. The van der Waals surface area contributed by atoms with Crippen LogP contribution in [-0.4, -0.2) is 63.6 Å². The predicted molar refractivity (Wildman–Crippen MR) is 152 cm³/mol. The van der Waals surface area contributed by atoms with Gasteiger partial charge in [0, 0.05) is 5.70 Å². The number of carbonyl (C=O) groups excluding carboxylic acids is 2. The average Bonchev–Trinajstić information content (AvgIpc) is 2.96. The van der Waals surface area contributed by atoms with Crippen LogP contribution in [0.25, 0.3) is 0 Å². The Kier molecular flexibility index (Phi) is 11.6. The van der Waals surface area contributed by atoms with Crippen LogP contribution >= 0.6 is 0 Å². The lowest BCUT2D eigenvalue weighted by molar-refractivity contribution is -0.136. The van der Waals surface area contributed by atoms with Crippen LogP contribution in [0.15, 0.2) is 52.8 Å². The SMILES string of the molecule is CCCCOc1ccc(/C=N\N[C@H](O)COc2ccc([C@H]3NC(=O)NC(C)=C3C(=O)OC)cc2OCC)cc1OC. The van der Waals surface area contributed by atoms with Crippen LogP contribution < -0.4 is 35.0 Å². The first kappa shape index (κ1) is 31.1. The molecule has 2 amide bonds. The summed E-state index contributed by atoms with van der Waals surface area (Å²) in [4.78, 5) is 24.5. The number of methoxy groups -OCH3 is 2. The fraction of sp³-hybridized carbons (Fsp3) is 0.414. The van der Waals surface area contributed by atoms with E-state index in [1.807, 2.05) is 19.1 Å². The van der Waals surface area contributed by atoms with Gasteiger partial charge in [0.25, 0.3) is 0 Å². The molecular formula is C29H38N4O8. The molecule has 4 N–H and O–H groups in total. The summed E-state index contributed by atoms with van der Waals surface area (Å²) in [5, 5.41) is 19.8. The van der Waals surface area contributed by atoms with Gasteiger partial charge in [0.2, 0.25) is 0 Å². The summed E-state index contributed by atoms with van der Waals surface area (Å²) < 4.78 is 27.6. The minimum atomic E-state index is -1.13. The first-order chi connectivity index (χ1) is 19.8. The third-order valence-corrected chi connectivity index (χ3v) is 6.05. The van der Waals surface area contributed by atoms with Gasteiger partial charge in [-0.2, -0.15) is 5.10 Å². The van der Waals surface area contributed by atoms with E-state index in [0.29, 0.717) is 47.5 Å². The van der Waals surface area contributed by atoms with Gasteiger partial charge in [-0.1, -0.05) is 19.4 Å². The number of ether oxygens (including phenoxy) is 5. The number of hydrogen-bond donors (Lipinski definition) is 4. The van der Waals surface area contributed by atoms with E-state index < -0.39 is 24.3 Å². The Morgan fingerprint density at radius 2 is 1.83 bits per heavy atom. The average molecular weight is 571 g/mol. The monoisotopic (exact) mass is 570 g/mol. The van der Waals surface area contributed by atoms with Gasteiger partial charge in [0.05, 0.1) is 45.3 Å². The molecule has 2 aromatic rings. The molecule has 0 aromatic heterocycles. The highest BCUT2D eigenvalue weighted by atomic mass is 16.5. The second kappa shape index (κ2) is 15.4. The number of hydrazone groups is 1. The number of esters is 1. The molecule has 0 fully saturated rings. The van der Waals surface area contributed by atoms with Crippen LogP contribution in [0.3, 0.4) is 0 Å². The van der Waals surface area contributed by atoms with Gasteiger partial charge in [0.1, 0.15) is 6.61 Å². The van der Waals surface area contributed by atoms with Gasteiger partial charge >= 0.3 is 12.0 Å². The summed E-state index contributed by atoms with van der Waals surface area (Å²) in [7, 11) is 2.85. The zero-order valence-corrected chi connectivity index (χ0v) is 24.0. The lowest BCUT2D eigenvalue weighted by atomic mass is 9.95. The van der Waals surface area contributed by atoms with E-state index in [4.69, 9.17) is 23.7 Å². The Morgan fingerprint density at radius 3 is 2.54 bits per heavy atom. The fourth-order valence-corrected chi connectivity index (χ4v) is 4.03. The first-order valence-electron chi connectivity index (χ1n) is 13.3. The number of carbonyl (C=O) groups is 2. The van der Waals surface area contributed by atoms with E-state index in [-0.39, 0.29) is 12.2 Å². The summed E-state index contributed by atoms with van der Waals surface area (Å²) in [5.74, 6) is 1.43. The molecule has 0 saturated carbocycles. The van der Waals surface area contributed by atoms with Crippen molar-refractivity contribution >= 4 is 18.2 Å². The molecule has 41 heavy (non-hydrogen) atoms. The molecule has 0 aliphatic carbocycles. The van der Waals surface area contributed by atoms with Crippen molar-refractivity contribution in [2.75, 3.05) is 34.0 Å². The standard InChI is InChI=1S/C29H38N4O8/c1-6-8-13-40-21-11-9-19(14-23(21)37-4)16-30-33-25(34)17-41-22-12-10-20(15-24(22)39-7-2)27-26(28(35)38-5)18(3)31-29(36)32-27/h9-12,14-16,25,27,33-34H,6-8,13,17H2,1-5H3,(H2,31,32,36)/b30-16-/t25-,27-/m1/s1. The number of nitrogens with zero attached hydrogens (tertiary/aromatic N) is 1. The van der Waals surface area contributed by atoms with Crippen LogP contribution in [-0.2, 0) is 9.53 Å². The van der Waals surface area contributed by atoms with Crippen molar-refractivity contribution in [1.29, 1.82) is 0 Å². The molecule has 1 aliphatic rings. The highest BCUT2D eigenvalue weighted by Crippen LogP contribution is 2.35. The number of allylic oxidation sites excluding steroid dienone is 1. The van der Waals surface area contributed by atoms with Crippen molar-refractivity contribution in [1.82, 2.24) is 16.1 Å². The number of amides is 2. The molecule has 0 radical (unpaired) electrons. The molecule has 0 saturated heterocycles. The highest BCUT2D eigenvalue weighted by Gasteiger charge is 2.32. The normalized spacial score (nSPS) is 15.6. The van der Waals surface area contributed by atoms with E-state index in [1.54, 1.807) is 44.5 Å². The van der Waals surface area contributed by atoms with E-state index in [0.717, 1.165) is 18.4 Å². The molecule has 12 nitrogen and oxygen atoms in total. The van der Waals surface area contributed by atoms with Crippen molar-refractivity contribution in [3.8, 4) is 23.0 Å². The number of hydrogen-bond acceptors (Lipinski definition) is 10. The lowest BCUT2D eigenvalue weighted by Gasteiger charge is -2.28. The summed E-state index contributed by atoms with van der Waals surface area (Å²) >= 11 is 0. The quantitative estimate of drug-likeness (QED) is 0.0831. The molecular weight excluding hydrogens is 532 g/mol. The van der Waals surface area contributed by atoms with Crippen LogP contribution in [0.5, 0.6) is 23.0 Å². The maximum atomic E-state index is 12.4. The van der Waals surface area contributed by atoms with Crippen molar-refractivity contribution in [2.24, 2.45) is 5.10 Å². The molecule has 1 aliphatic heterocycles. The van der Waals surface area contributed by atoms with E-state index in [1.165, 1.54) is 7.11 Å². The van der Waals surface area contributed by atoms with Crippen molar-refractivity contribution < 1.29 is 38.4 Å². The molecule has 2 aromatic carbocycles. The fourth-order valence-electron chi connectivity index (χ4n) is 4.03. The van der Waals surface area contributed by atoms with Crippen LogP contribution in [0, 0.1) is 0 Å². The number of rotatable bonds is 15. The second-order valence-corrected chi connectivity index (χ2v) is 9.03. The summed E-state index contributed by atoms with van der Waals surface area (Å²) in [5.41, 5.74) is 4.63. The molecule has 12 heteroatoms. The maximum absolute atomic E-state index is 12.4. The van der Waals surface area contributed by atoms with Crippen LogP contribution in [0.2, 0.25) is 0 Å². The Balaban J connectivity index is 1.65. The minimum absolute atomic E-state index is 0.138. The number of aliphatic hydroxyl groups excluding tert-OH is 1. The minimum Gasteiger partial charge on any atom is -0.493 e. The number of benzene rings is 2. The number of urea groups is 1. The zero-order chi connectivity index (χ0) is 29.8. The third-order valence-electron chi connectivity index (χ3n) is 6.05. The van der Waals surface area contributed by atoms with E-state index >= 15 is 0 Å². The van der Waals surface area contributed by atoms with Gasteiger partial charge in [-0.15, -0.1) is 0 Å². The summed E-state index contributed by atoms with van der Waals surface area (Å²) in [6.45, 7) is 6.36. The Hall–Kier alpha value is -4.45. The Labute approximate surface area is 239 Å². The number of unbranched alkanes of at least 4 members (excludes halogenated alkanes) is 1. The predicted octanol–water partition coefficient (Wildman–Crippen LogP) is 3.39. The Bertz CT molecular complexity index is 1260. The zero-order valence-electron chi connectivity index (χ0n) is 24.0. The summed E-state index contributed by atoms with van der Waals surface area (Å²) in [6.07, 6.45) is 2.41. The molecule has 222 valence electrons. The van der Waals surface area contributed by atoms with Crippen molar-refractivity contribution in [3.05, 3.63) is 58.8 Å². The maximum Gasteiger partial charge on any atom is 0.337 e. The molecule has 0 spiro atoms. The van der Waals surface area contributed by atoms with E-state index in [9.17, 15) is 14.7 Å². The highest BCUT2D eigenvalue weighted by molar-refractivity contribution is 5.95.